The van der Waals surface area contributed by atoms with E-state index in [0.29, 0.717) is 31.6 Å². The Morgan fingerprint density at radius 3 is 2.44 bits per heavy atom. The molecular formula is C19H28N2O5S. The largest absolute Gasteiger partial charge is 0.480 e. The van der Waals surface area contributed by atoms with Crippen LogP contribution in [0.4, 0.5) is 0 Å². The first-order chi connectivity index (χ1) is 12.6. The summed E-state index contributed by atoms with van der Waals surface area (Å²) in [4.78, 5) is 26.0. The van der Waals surface area contributed by atoms with Crippen LogP contribution in [0.5, 0.6) is 0 Å². The summed E-state index contributed by atoms with van der Waals surface area (Å²) in [7, 11) is -3.71. The van der Waals surface area contributed by atoms with Gasteiger partial charge in [-0.2, -0.15) is 4.31 Å². The smallest absolute Gasteiger partial charge is 0.326 e. The monoisotopic (exact) mass is 396 g/mol. The summed E-state index contributed by atoms with van der Waals surface area (Å²) >= 11 is 0. The molecule has 1 amide bonds. The first-order valence-electron chi connectivity index (χ1n) is 9.28. The molecule has 0 aliphatic carbocycles. The fourth-order valence-corrected chi connectivity index (χ4v) is 5.21. The van der Waals surface area contributed by atoms with Crippen molar-refractivity contribution >= 4 is 21.9 Å². The lowest BCUT2D eigenvalue weighted by atomic mass is 9.92. The molecule has 0 bridgehead atoms. The number of sulfonamides is 1. The van der Waals surface area contributed by atoms with E-state index in [4.69, 9.17) is 0 Å². The number of carboxylic acids is 1. The number of hydrogen-bond acceptors (Lipinski definition) is 4. The Kier molecular flexibility index (Phi) is 6.64. The van der Waals surface area contributed by atoms with Crippen LogP contribution in [-0.4, -0.2) is 60.3 Å². The van der Waals surface area contributed by atoms with Gasteiger partial charge < -0.3 is 10.0 Å². The molecule has 1 aliphatic heterocycles. The standard InChI is InChI=1S/C19H28N2O5S/c1-5-20(6-2)27(25,26)17-12-15(8-7-14(17)4)18(22)21-10-9-13(3)11-16(21)19(23)24/h7-8,12-13,16H,5-6,9-11H2,1-4H3,(H,23,24). The van der Waals surface area contributed by atoms with Crippen molar-refractivity contribution in [2.45, 2.75) is 51.5 Å². The van der Waals surface area contributed by atoms with E-state index in [1.165, 1.54) is 15.3 Å². The van der Waals surface area contributed by atoms with E-state index in [-0.39, 0.29) is 16.4 Å². The maximum absolute atomic E-state index is 13.0. The fraction of sp³-hybridized carbons (Fsp3) is 0.579. The van der Waals surface area contributed by atoms with Crippen LogP contribution in [0.3, 0.4) is 0 Å². The molecule has 150 valence electrons. The molecule has 1 aliphatic rings. The van der Waals surface area contributed by atoms with Crippen LogP contribution in [0.1, 0.15) is 49.5 Å². The Hall–Kier alpha value is -1.93. The van der Waals surface area contributed by atoms with Gasteiger partial charge in [0.1, 0.15) is 6.04 Å². The minimum absolute atomic E-state index is 0.0919. The molecule has 0 radical (unpaired) electrons. The van der Waals surface area contributed by atoms with Crippen molar-refractivity contribution in [2.75, 3.05) is 19.6 Å². The van der Waals surface area contributed by atoms with Gasteiger partial charge >= 0.3 is 5.97 Å². The van der Waals surface area contributed by atoms with Gasteiger partial charge in [-0.25, -0.2) is 13.2 Å². The van der Waals surface area contributed by atoms with Gasteiger partial charge in [-0.15, -0.1) is 0 Å². The molecule has 0 spiro atoms. The van der Waals surface area contributed by atoms with Crippen molar-refractivity contribution in [3.05, 3.63) is 29.3 Å². The van der Waals surface area contributed by atoms with Crippen LogP contribution in [-0.2, 0) is 14.8 Å². The number of nitrogens with zero attached hydrogens (tertiary/aromatic N) is 2. The maximum Gasteiger partial charge on any atom is 0.326 e. The van der Waals surface area contributed by atoms with E-state index in [1.54, 1.807) is 32.9 Å². The van der Waals surface area contributed by atoms with Crippen LogP contribution in [0.15, 0.2) is 23.1 Å². The van der Waals surface area contributed by atoms with Crippen molar-refractivity contribution in [1.29, 1.82) is 0 Å². The van der Waals surface area contributed by atoms with Crippen LogP contribution < -0.4 is 0 Å². The first kappa shape index (κ1) is 21.4. The summed E-state index contributed by atoms with van der Waals surface area (Å²) in [6, 6.07) is 3.66. The van der Waals surface area contributed by atoms with E-state index in [2.05, 4.69) is 0 Å². The molecule has 1 heterocycles. The molecule has 8 heteroatoms. The molecule has 0 aromatic heterocycles. The number of aryl methyl sites for hydroxylation is 1. The topological polar surface area (TPSA) is 95.0 Å². The average molecular weight is 397 g/mol. The SMILES string of the molecule is CCN(CC)S(=O)(=O)c1cc(C(=O)N2CCC(C)CC2C(=O)O)ccc1C. The van der Waals surface area contributed by atoms with Crippen LogP contribution >= 0.6 is 0 Å². The zero-order valence-corrected chi connectivity index (χ0v) is 17.1. The average Bonchev–Trinajstić information content (AvgIpc) is 2.62. The number of aliphatic carboxylic acids is 1. The summed E-state index contributed by atoms with van der Waals surface area (Å²) in [5, 5.41) is 9.49. The van der Waals surface area contributed by atoms with E-state index >= 15 is 0 Å². The van der Waals surface area contributed by atoms with Gasteiger partial charge in [0, 0.05) is 25.2 Å². The van der Waals surface area contributed by atoms with Crippen LogP contribution in [0, 0.1) is 12.8 Å². The van der Waals surface area contributed by atoms with Gasteiger partial charge in [0.25, 0.3) is 5.91 Å². The molecule has 1 aromatic carbocycles. The van der Waals surface area contributed by atoms with Gasteiger partial charge in [-0.05, 0) is 43.4 Å². The third kappa shape index (κ3) is 4.32. The van der Waals surface area contributed by atoms with E-state index in [9.17, 15) is 23.1 Å². The van der Waals surface area contributed by atoms with Crippen molar-refractivity contribution in [2.24, 2.45) is 5.92 Å². The zero-order valence-electron chi connectivity index (χ0n) is 16.3. The van der Waals surface area contributed by atoms with E-state index < -0.39 is 27.9 Å². The molecule has 2 unspecified atom stereocenters. The number of likely N-dealkylation sites (tertiary alicyclic amines) is 1. The molecular weight excluding hydrogens is 368 g/mol. The Morgan fingerprint density at radius 1 is 1.26 bits per heavy atom. The van der Waals surface area contributed by atoms with E-state index in [1.807, 2.05) is 6.92 Å². The van der Waals surface area contributed by atoms with Gasteiger partial charge in [-0.3, -0.25) is 4.79 Å². The number of carbonyl (C=O) groups excluding carboxylic acids is 1. The molecule has 2 rings (SSSR count). The molecule has 1 N–H and O–H groups in total. The highest BCUT2D eigenvalue weighted by molar-refractivity contribution is 7.89. The highest BCUT2D eigenvalue weighted by Gasteiger charge is 2.35. The molecule has 27 heavy (non-hydrogen) atoms. The normalized spacial score (nSPS) is 20.7. The predicted molar refractivity (Wildman–Crippen MR) is 102 cm³/mol. The lowest BCUT2D eigenvalue weighted by molar-refractivity contribution is -0.144. The van der Waals surface area contributed by atoms with Crippen LogP contribution in [0.25, 0.3) is 0 Å². The molecule has 7 nitrogen and oxygen atoms in total. The summed E-state index contributed by atoms with van der Waals surface area (Å²) in [6.07, 6.45) is 1.13. The number of benzene rings is 1. The second kappa shape index (κ2) is 8.39. The van der Waals surface area contributed by atoms with E-state index in [0.717, 1.165) is 6.42 Å². The lowest BCUT2D eigenvalue weighted by Gasteiger charge is -2.36. The highest BCUT2D eigenvalue weighted by atomic mass is 32.2. The minimum Gasteiger partial charge on any atom is -0.480 e. The number of rotatable bonds is 6. The Morgan fingerprint density at radius 2 is 1.89 bits per heavy atom. The van der Waals surface area contributed by atoms with Crippen molar-refractivity contribution in [1.82, 2.24) is 9.21 Å². The fourth-order valence-electron chi connectivity index (χ4n) is 3.50. The Labute approximate surface area is 161 Å². The molecule has 2 atom stereocenters. The predicted octanol–water partition coefficient (Wildman–Crippen LogP) is 2.35. The summed E-state index contributed by atoms with van der Waals surface area (Å²) in [5.41, 5.74) is 0.757. The first-order valence-corrected chi connectivity index (χ1v) is 10.7. The summed E-state index contributed by atoms with van der Waals surface area (Å²) < 4.78 is 27.1. The molecule has 1 saturated heterocycles. The third-order valence-corrected chi connectivity index (χ3v) is 7.36. The summed E-state index contributed by atoms with van der Waals surface area (Å²) in [6.45, 7) is 8.20. The minimum atomic E-state index is -3.71. The number of amides is 1. The molecule has 1 aromatic rings. The van der Waals surface area contributed by atoms with Crippen LogP contribution in [0.2, 0.25) is 0 Å². The number of carboxylic acid groups (broad SMARTS) is 1. The lowest BCUT2D eigenvalue weighted by Crippen LogP contribution is -2.49. The second-order valence-electron chi connectivity index (χ2n) is 7.05. The highest BCUT2D eigenvalue weighted by Crippen LogP contribution is 2.27. The second-order valence-corrected chi connectivity index (χ2v) is 8.96. The van der Waals surface area contributed by atoms with Gasteiger partial charge in [0.15, 0.2) is 0 Å². The number of hydrogen-bond donors (Lipinski definition) is 1. The Balaban J connectivity index is 2.42. The van der Waals surface area contributed by atoms with Crippen molar-refractivity contribution < 1.29 is 23.1 Å². The Bertz CT molecular complexity index is 817. The van der Waals surface area contributed by atoms with Gasteiger partial charge in [0.2, 0.25) is 10.0 Å². The van der Waals surface area contributed by atoms with Gasteiger partial charge in [0.05, 0.1) is 4.90 Å². The number of piperidine rings is 1. The summed E-state index contributed by atoms with van der Waals surface area (Å²) in [5.74, 6) is -1.24. The van der Waals surface area contributed by atoms with Gasteiger partial charge in [-0.1, -0.05) is 26.8 Å². The van der Waals surface area contributed by atoms with Crippen molar-refractivity contribution in [3.63, 3.8) is 0 Å². The third-order valence-electron chi connectivity index (χ3n) is 5.17. The molecule has 1 fully saturated rings. The van der Waals surface area contributed by atoms with Crippen molar-refractivity contribution in [3.8, 4) is 0 Å². The molecule has 0 saturated carbocycles. The quantitative estimate of drug-likeness (QED) is 0.796. The zero-order chi connectivity index (χ0) is 20.4. The number of carbonyl (C=O) groups is 2. The maximum atomic E-state index is 13.0.